The van der Waals surface area contributed by atoms with Gasteiger partial charge in [-0.2, -0.15) is 0 Å². The Kier molecular flexibility index (Phi) is 5.91. The summed E-state index contributed by atoms with van der Waals surface area (Å²) in [4.78, 5) is 0. The van der Waals surface area contributed by atoms with E-state index in [9.17, 15) is 0 Å². The highest BCUT2D eigenvalue weighted by Gasteiger charge is 2.20. The van der Waals surface area contributed by atoms with Crippen molar-refractivity contribution < 1.29 is 4.74 Å². The second-order valence-corrected chi connectivity index (χ2v) is 6.77. The summed E-state index contributed by atoms with van der Waals surface area (Å²) in [6, 6.07) is 4.71. The first kappa shape index (κ1) is 15.8. The first-order chi connectivity index (χ1) is 9.65. The number of ether oxygens (including phenoxy) is 1. The van der Waals surface area contributed by atoms with Crippen LogP contribution >= 0.6 is 15.9 Å². The summed E-state index contributed by atoms with van der Waals surface area (Å²) in [5.41, 5.74) is 2.49. The van der Waals surface area contributed by atoms with Crippen molar-refractivity contribution in [3.05, 3.63) is 27.7 Å². The molecule has 0 bridgehead atoms. The Bertz CT molecular complexity index is 441. The number of halogens is 1. The van der Waals surface area contributed by atoms with Crippen LogP contribution in [0.5, 0.6) is 5.75 Å². The van der Waals surface area contributed by atoms with Gasteiger partial charge in [0.05, 0.1) is 7.11 Å². The molecule has 112 valence electrons. The van der Waals surface area contributed by atoms with Crippen molar-refractivity contribution in [2.75, 3.05) is 14.2 Å². The van der Waals surface area contributed by atoms with E-state index in [1.807, 2.05) is 7.05 Å². The molecule has 0 heterocycles. The SMILES string of the molecule is CNC(CCC1CCCC1)c1cc(Br)c(C)cc1OC. The Morgan fingerprint density at radius 2 is 2.05 bits per heavy atom. The lowest BCUT2D eigenvalue weighted by molar-refractivity contribution is 0.385. The van der Waals surface area contributed by atoms with Crippen LogP contribution in [0.15, 0.2) is 16.6 Å². The average Bonchev–Trinajstić information content (AvgIpc) is 2.96. The van der Waals surface area contributed by atoms with Gasteiger partial charge in [-0.1, -0.05) is 41.6 Å². The third-order valence-corrected chi connectivity index (χ3v) is 5.43. The molecule has 1 atom stereocenters. The van der Waals surface area contributed by atoms with E-state index >= 15 is 0 Å². The van der Waals surface area contributed by atoms with E-state index in [0.717, 1.165) is 16.1 Å². The molecule has 1 aromatic carbocycles. The molecule has 0 aliphatic heterocycles. The zero-order valence-corrected chi connectivity index (χ0v) is 14.4. The second-order valence-electron chi connectivity index (χ2n) is 5.91. The molecule has 0 aromatic heterocycles. The fraction of sp³-hybridized carbons (Fsp3) is 0.647. The van der Waals surface area contributed by atoms with Gasteiger partial charge in [-0.25, -0.2) is 0 Å². The zero-order valence-electron chi connectivity index (χ0n) is 12.8. The monoisotopic (exact) mass is 339 g/mol. The number of aryl methyl sites for hydroxylation is 1. The minimum absolute atomic E-state index is 0.377. The summed E-state index contributed by atoms with van der Waals surface area (Å²) in [5, 5.41) is 3.46. The van der Waals surface area contributed by atoms with Crippen LogP contribution in [-0.4, -0.2) is 14.2 Å². The number of rotatable bonds is 6. The van der Waals surface area contributed by atoms with Crippen LogP contribution in [0.1, 0.15) is 55.7 Å². The second kappa shape index (κ2) is 7.46. The van der Waals surface area contributed by atoms with Crippen LogP contribution in [-0.2, 0) is 0 Å². The van der Waals surface area contributed by atoms with Crippen LogP contribution in [0.25, 0.3) is 0 Å². The standard InChI is InChI=1S/C17H26BrNO/c1-12-10-17(20-3)14(11-15(12)18)16(19-2)9-8-13-6-4-5-7-13/h10-11,13,16,19H,4-9H2,1-3H3. The molecule has 1 unspecified atom stereocenters. The number of benzene rings is 1. The Balaban J connectivity index is 2.11. The normalized spacial score (nSPS) is 17.4. The van der Waals surface area contributed by atoms with Gasteiger partial charge in [0.15, 0.2) is 0 Å². The molecule has 2 nitrogen and oxygen atoms in total. The summed E-state index contributed by atoms with van der Waals surface area (Å²) < 4.78 is 6.74. The average molecular weight is 340 g/mol. The molecule has 1 saturated carbocycles. The molecule has 0 radical (unpaired) electrons. The Hall–Kier alpha value is -0.540. The van der Waals surface area contributed by atoms with Gasteiger partial charge in [0.1, 0.15) is 5.75 Å². The molecule has 2 rings (SSSR count). The molecule has 3 heteroatoms. The van der Waals surface area contributed by atoms with E-state index in [2.05, 4.69) is 40.3 Å². The fourth-order valence-corrected chi connectivity index (χ4v) is 3.64. The van der Waals surface area contributed by atoms with Gasteiger partial charge in [-0.15, -0.1) is 0 Å². The topological polar surface area (TPSA) is 21.3 Å². The molecular weight excluding hydrogens is 314 g/mol. The van der Waals surface area contributed by atoms with Crippen molar-refractivity contribution in [1.29, 1.82) is 0 Å². The lowest BCUT2D eigenvalue weighted by Crippen LogP contribution is -2.18. The summed E-state index contributed by atoms with van der Waals surface area (Å²) in [6.45, 7) is 2.10. The van der Waals surface area contributed by atoms with Crippen molar-refractivity contribution in [3.8, 4) is 5.75 Å². The van der Waals surface area contributed by atoms with E-state index in [1.54, 1.807) is 7.11 Å². The zero-order chi connectivity index (χ0) is 14.5. The lowest BCUT2D eigenvalue weighted by Gasteiger charge is -2.22. The Labute approximate surface area is 131 Å². The minimum Gasteiger partial charge on any atom is -0.496 e. The van der Waals surface area contributed by atoms with Gasteiger partial charge in [-0.05, 0) is 50.4 Å². The van der Waals surface area contributed by atoms with Crippen molar-refractivity contribution >= 4 is 15.9 Å². The highest BCUT2D eigenvalue weighted by Crippen LogP contribution is 2.36. The molecule has 1 fully saturated rings. The first-order valence-electron chi connectivity index (χ1n) is 7.67. The summed E-state index contributed by atoms with van der Waals surface area (Å²) >= 11 is 3.64. The van der Waals surface area contributed by atoms with E-state index in [0.29, 0.717) is 6.04 Å². The van der Waals surface area contributed by atoms with Gasteiger partial charge in [0, 0.05) is 16.1 Å². The largest absolute Gasteiger partial charge is 0.496 e. The van der Waals surface area contributed by atoms with Gasteiger partial charge in [0.2, 0.25) is 0 Å². The number of methoxy groups -OCH3 is 1. The molecular formula is C17H26BrNO. The number of hydrogen-bond donors (Lipinski definition) is 1. The van der Waals surface area contributed by atoms with Crippen LogP contribution in [0.3, 0.4) is 0 Å². The first-order valence-corrected chi connectivity index (χ1v) is 8.46. The van der Waals surface area contributed by atoms with Gasteiger partial charge in [-0.3, -0.25) is 0 Å². The van der Waals surface area contributed by atoms with Crippen molar-refractivity contribution in [3.63, 3.8) is 0 Å². The molecule has 1 N–H and O–H groups in total. The number of hydrogen-bond acceptors (Lipinski definition) is 2. The maximum atomic E-state index is 5.57. The molecule has 1 aromatic rings. The minimum atomic E-state index is 0.377. The maximum absolute atomic E-state index is 5.57. The van der Waals surface area contributed by atoms with E-state index in [-0.39, 0.29) is 0 Å². The molecule has 1 aliphatic carbocycles. The smallest absolute Gasteiger partial charge is 0.123 e. The van der Waals surface area contributed by atoms with Crippen LogP contribution in [0.2, 0.25) is 0 Å². The van der Waals surface area contributed by atoms with Gasteiger partial charge >= 0.3 is 0 Å². The Morgan fingerprint density at radius 1 is 1.35 bits per heavy atom. The van der Waals surface area contributed by atoms with Crippen LogP contribution in [0, 0.1) is 12.8 Å². The molecule has 0 saturated heterocycles. The highest BCUT2D eigenvalue weighted by atomic mass is 79.9. The van der Waals surface area contributed by atoms with Crippen molar-refractivity contribution in [2.45, 2.75) is 51.5 Å². The van der Waals surface area contributed by atoms with E-state index < -0.39 is 0 Å². The quantitative estimate of drug-likeness (QED) is 0.787. The lowest BCUT2D eigenvalue weighted by atomic mass is 9.94. The van der Waals surface area contributed by atoms with E-state index in [4.69, 9.17) is 4.74 Å². The van der Waals surface area contributed by atoms with Crippen LogP contribution in [0.4, 0.5) is 0 Å². The summed E-state index contributed by atoms with van der Waals surface area (Å²) in [6.07, 6.45) is 8.20. The third-order valence-electron chi connectivity index (χ3n) is 4.57. The third kappa shape index (κ3) is 3.76. The molecule has 20 heavy (non-hydrogen) atoms. The predicted octanol–water partition coefficient (Wildman–Crippen LogP) is 5.00. The molecule has 0 amide bonds. The van der Waals surface area contributed by atoms with Gasteiger partial charge < -0.3 is 10.1 Å². The van der Waals surface area contributed by atoms with Crippen molar-refractivity contribution in [1.82, 2.24) is 5.32 Å². The summed E-state index contributed by atoms with van der Waals surface area (Å²) in [7, 11) is 3.81. The predicted molar refractivity (Wildman–Crippen MR) is 88.4 cm³/mol. The summed E-state index contributed by atoms with van der Waals surface area (Å²) in [5.74, 6) is 1.93. The molecule has 1 aliphatic rings. The fourth-order valence-electron chi connectivity index (χ4n) is 3.28. The Morgan fingerprint density at radius 3 is 2.65 bits per heavy atom. The maximum Gasteiger partial charge on any atom is 0.123 e. The van der Waals surface area contributed by atoms with Gasteiger partial charge in [0.25, 0.3) is 0 Å². The molecule has 0 spiro atoms. The number of nitrogens with one attached hydrogen (secondary N) is 1. The van der Waals surface area contributed by atoms with Crippen LogP contribution < -0.4 is 10.1 Å². The highest BCUT2D eigenvalue weighted by molar-refractivity contribution is 9.10. The van der Waals surface area contributed by atoms with E-state index in [1.165, 1.54) is 49.7 Å². The van der Waals surface area contributed by atoms with Crippen molar-refractivity contribution in [2.24, 2.45) is 5.92 Å².